The van der Waals surface area contributed by atoms with E-state index in [-0.39, 0.29) is 12.5 Å². The van der Waals surface area contributed by atoms with Crippen LogP contribution in [-0.2, 0) is 11.3 Å². The number of carbonyl (C=O) groups is 1. The summed E-state index contributed by atoms with van der Waals surface area (Å²) in [5, 5.41) is 9.61. The summed E-state index contributed by atoms with van der Waals surface area (Å²) in [4.78, 5) is 16.4. The lowest BCUT2D eigenvalue weighted by Crippen LogP contribution is -2.21. The third-order valence-electron chi connectivity index (χ3n) is 3.58. The second kappa shape index (κ2) is 7.48. The second-order valence-electron chi connectivity index (χ2n) is 5.33. The first-order chi connectivity index (χ1) is 12.2. The maximum Gasteiger partial charge on any atom is 0.244 e. The molecule has 0 radical (unpaired) electrons. The van der Waals surface area contributed by atoms with Crippen molar-refractivity contribution in [2.24, 2.45) is 0 Å². The van der Waals surface area contributed by atoms with Crippen LogP contribution in [0.25, 0.3) is 17.2 Å². The van der Waals surface area contributed by atoms with Crippen molar-refractivity contribution < 1.29 is 13.9 Å². The minimum Gasteiger partial charge on any atom is -0.496 e. The van der Waals surface area contributed by atoms with Gasteiger partial charge in [0.1, 0.15) is 11.6 Å². The highest BCUT2D eigenvalue weighted by Crippen LogP contribution is 2.24. The van der Waals surface area contributed by atoms with E-state index in [9.17, 15) is 4.79 Å². The maximum absolute atomic E-state index is 12.1. The number of furan rings is 1. The van der Waals surface area contributed by atoms with Crippen LogP contribution in [0, 0.1) is 0 Å². The highest BCUT2D eigenvalue weighted by molar-refractivity contribution is 5.95. The van der Waals surface area contributed by atoms with Crippen molar-refractivity contribution in [3.8, 4) is 17.3 Å². The average Bonchev–Trinajstić information content (AvgIpc) is 3.31. The van der Waals surface area contributed by atoms with Crippen LogP contribution in [0.5, 0.6) is 5.75 Å². The third-order valence-corrected chi connectivity index (χ3v) is 3.58. The molecule has 0 fully saturated rings. The van der Waals surface area contributed by atoms with Gasteiger partial charge < -0.3 is 14.5 Å². The van der Waals surface area contributed by atoms with Gasteiger partial charge >= 0.3 is 0 Å². The molecule has 7 nitrogen and oxygen atoms in total. The number of rotatable bonds is 6. The SMILES string of the molecule is COc1ccccc1C(C)=CC(=O)NCc1nc(-c2ccco2)n[nH]1. The molecule has 128 valence electrons. The number of benzene rings is 1. The second-order valence-corrected chi connectivity index (χ2v) is 5.33. The van der Waals surface area contributed by atoms with Crippen molar-refractivity contribution >= 4 is 11.5 Å². The van der Waals surface area contributed by atoms with E-state index in [2.05, 4.69) is 20.5 Å². The molecule has 1 amide bonds. The van der Waals surface area contributed by atoms with Crippen LogP contribution in [0.4, 0.5) is 0 Å². The molecule has 2 heterocycles. The quantitative estimate of drug-likeness (QED) is 0.674. The summed E-state index contributed by atoms with van der Waals surface area (Å²) in [6.45, 7) is 2.10. The van der Waals surface area contributed by atoms with E-state index in [4.69, 9.17) is 9.15 Å². The molecule has 0 atom stereocenters. The summed E-state index contributed by atoms with van der Waals surface area (Å²) >= 11 is 0. The highest BCUT2D eigenvalue weighted by atomic mass is 16.5. The predicted molar refractivity (Wildman–Crippen MR) is 92.6 cm³/mol. The molecule has 3 aromatic rings. The Morgan fingerprint density at radius 1 is 1.32 bits per heavy atom. The number of ether oxygens (including phenoxy) is 1. The van der Waals surface area contributed by atoms with E-state index in [0.29, 0.717) is 17.4 Å². The number of para-hydroxylation sites is 1. The van der Waals surface area contributed by atoms with Crippen LogP contribution in [0.1, 0.15) is 18.3 Å². The van der Waals surface area contributed by atoms with Crippen molar-refractivity contribution in [3.05, 3.63) is 60.1 Å². The van der Waals surface area contributed by atoms with E-state index in [1.807, 2.05) is 31.2 Å². The van der Waals surface area contributed by atoms with Gasteiger partial charge in [0, 0.05) is 11.6 Å². The molecule has 2 N–H and O–H groups in total. The number of H-pyrrole nitrogens is 1. The van der Waals surface area contributed by atoms with Crippen molar-refractivity contribution in [2.45, 2.75) is 13.5 Å². The van der Waals surface area contributed by atoms with E-state index in [1.54, 1.807) is 25.5 Å². The molecule has 0 aliphatic carbocycles. The Morgan fingerprint density at radius 3 is 2.92 bits per heavy atom. The first-order valence-electron chi connectivity index (χ1n) is 7.72. The molecule has 7 heteroatoms. The van der Waals surface area contributed by atoms with Crippen molar-refractivity contribution in [1.29, 1.82) is 0 Å². The van der Waals surface area contributed by atoms with Gasteiger partial charge in [-0.15, -0.1) is 5.10 Å². The number of hydrogen-bond acceptors (Lipinski definition) is 5. The Morgan fingerprint density at radius 2 is 2.16 bits per heavy atom. The fourth-order valence-electron chi connectivity index (χ4n) is 2.36. The van der Waals surface area contributed by atoms with Crippen LogP contribution >= 0.6 is 0 Å². The molecule has 3 rings (SSSR count). The molecule has 0 bridgehead atoms. The summed E-state index contributed by atoms with van der Waals surface area (Å²) < 4.78 is 10.5. The van der Waals surface area contributed by atoms with Crippen LogP contribution in [0.3, 0.4) is 0 Å². The Bertz CT molecular complexity index is 881. The molecule has 1 aromatic carbocycles. The number of carbonyl (C=O) groups excluding carboxylic acids is 1. The van der Waals surface area contributed by atoms with Gasteiger partial charge in [-0.25, -0.2) is 4.98 Å². The molecule has 0 aliphatic rings. The molecule has 0 spiro atoms. The average molecular weight is 338 g/mol. The smallest absolute Gasteiger partial charge is 0.244 e. The topological polar surface area (TPSA) is 93.0 Å². The summed E-state index contributed by atoms with van der Waals surface area (Å²) in [6, 6.07) is 11.1. The zero-order valence-corrected chi connectivity index (χ0v) is 13.9. The van der Waals surface area contributed by atoms with Gasteiger partial charge in [-0.05, 0) is 30.7 Å². The molecule has 0 saturated heterocycles. The monoisotopic (exact) mass is 338 g/mol. The molecular formula is C18H18N4O3. The molecule has 0 saturated carbocycles. The number of nitrogens with zero attached hydrogens (tertiary/aromatic N) is 2. The maximum atomic E-state index is 12.1. The minimum absolute atomic E-state index is 0.223. The largest absolute Gasteiger partial charge is 0.496 e. The molecular weight excluding hydrogens is 320 g/mol. The van der Waals surface area contributed by atoms with Crippen LogP contribution in [0.2, 0.25) is 0 Å². The van der Waals surface area contributed by atoms with E-state index in [0.717, 1.165) is 16.9 Å². The predicted octanol–water partition coefficient (Wildman–Crippen LogP) is 2.79. The fraction of sp³-hybridized carbons (Fsp3) is 0.167. The zero-order chi connectivity index (χ0) is 17.6. The lowest BCUT2D eigenvalue weighted by atomic mass is 10.1. The zero-order valence-electron chi connectivity index (χ0n) is 13.9. The normalized spacial score (nSPS) is 11.4. The number of methoxy groups -OCH3 is 1. The van der Waals surface area contributed by atoms with E-state index >= 15 is 0 Å². The van der Waals surface area contributed by atoms with Crippen LogP contribution in [-0.4, -0.2) is 28.2 Å². The van der Waals surface area contributed by atoms with Gasteiger partial charge in [-0.1, -0.05) is 18.2 Å². The van der Waals surface area contributed by atoms with Crippen molar-refractivity contribution in [3.63, 3.8) is 0 Å². The summed E-state index contributed by atoms with van der Waals surface area (Å²) in [5.74, 6) is 2.07. The van der Waals surface area contributed by atoms with E-state index < -0.39 is 0 Å². The highest BCUT2D eigenvalue weighted by Gasteiger charge is 2.09. The van der Waals surface area contributed by atoms with Gasteiger partial charge in [-0.3, -0.25) is 9.89 Å². The third kappa shape index (κ3) is 3.95. The first-order valence-corrected chi connectivity index (χ1v) is 7.72. The van der Waals surface area contributed by atoms with Gasteiger partial charge in [0.15, 0.2) is 5.76 Å². The molecule has 2 aromatic heterocycles. The molecule has 25 heavy (non-hydrogen) atoms. The number of amides is 1. The first kappa shape index (κ1) is 16.5. The minimum atomic E-state index is -0.223. The number of allylic oxidation sites excluding steroid dienone is 1. The van der Waals surface area contributed by atoms with Crippen LogP contribution in [0.15, 0.2) is 53.2 Å². The molecule has 0 aliphatic heterocycles. The van der Waals surface area contributed by atoms with E-state index in [1.165, 1.54) is 6.08 Å². The molecule has 0 unspecified atom stereocenters. The standard InChI is InChI=1S/C18H18N4O3/c1-12(13-6-3-4-7-14(13)24-2)10-17(23)19-11-16-20-18(22-21-16)15-8-5-9-25-15/h3-10H,11H2,1-2H3,(H,19,23)(H,20,21,22). The number of nitrogens with one attached hydrogen (secondary N) is 2. The Labute approximate surface area is 144 Å². The Hall–Kier alpha value is -3.35. The van der Waals surface area contributed by atoms with Gasteiger partial charge in [0.25, 0.3) is 0 Å². The van der Waals surface area contributed by atoms with Crippen molar-refractivity contribution in [1.82, 2.24) is 20.5 Å². The summed E-state index contributed by atoms with van der Waals surface area (Å²) in [5.41, 5.74) is 1.68. The van der Waals surface area contributed by atoms with Crippen LogP contribution < -0.4 is 10.1 Å². The van der Waals surface area contributed by atoms with Gasteiger partial charge in [0.05, 0.1) is 19.9 Å². The van der Waals surface area contributed by atoms with Crippen molar-refractivity contribution in [2.75, 3.05) is 7.11 Å². The number of hydrogen-bond donors (Lipinski definition) is 2. The van der Waals surface area contributed by atoms with Gasteiger partial charge in [0.2, 0.25) is 11.7 Å². The number of aromatic amines is 1. The van der Waals surface area contributed by atoms with Gasteiger partial charge in [-0.2, -0.15) is 0 Å². The lowest BCUT2D eigenvalue weighted by molar-refractivity contribution is -0.116. The Kier molecular flexibility index (Phi) is 4.94. The fourth-order valence-corrected chi connectivity index (χ4v) is 2.36. The summed E-state index contributed by atoms with van der Waals surface area (Å²) in [6.07, 6.45) is 3.08. The lowest BCUT2D eigenvalue weighted by Gasteiger charge is -2.08. The number of aromatic nitrogens is 3. The summed E-state index contributed by atoms with van der Waals surface area (Å²) in [7, 11) is 1.60. The Balaban J connectivity index is 1.63.